The Hall–Kier alpha value is -1.84. The number of rotatable bonds is 5. The van der Waals surface area contributed by atoms with Crippen LogP contribution < -0.4 is 4.74 Å². The lowest BCUT2D eigenvalue weighted by Crippen LogP contribution is -2.36. The van der Waals surface area contributed by atoms with Crippen LogP contribution in [0.3, 0.4) is 0 Å². The zero-order valence-corrected chi connectivity index (χ0v) is 13.8. The maximum atomic E-state index is 6.19. The lowest BCUT2D eigenvalue weighted by Gasteiger charge is -2.34. The van der Waals surface area contributed by atoms with Gasteiger partial charge in [-0.05, 0) is 44.9 Å². The van der Waals surface area contributed by atoms with Crippen LogP contribution in [0.1, 0.15) is 45.4 Å². The smallest absolute Gasteiger partial charge is 0.120 e. The van der Waals surface area contributed by atoms with Gasteiger partial charge < -0.3 is 4.74 Å². The highest BCUT2D eigenvalue weighted by atomic mass is 16.5. The molecule has 0 N–H and O–H groups in total. The highest BCUT2D eigenvalue weighted by Crippen LogP contribution is 2.33. The maximum absolute atomic E-state index is 6.19. The van der Waals surface area contributed by atoms with E-state index in [0.29, 0.717) is 0 Å². The molecule has 1 heterocycles. The van der Waals surface area contributed by atoms with Gasteiger partial charge in [0, 0.05) is 18.7 Å². The molecule has 4 heteroatoms. The molecule has 0 saturated heterocycles. The van der Waals surface area contributed by atoms with Gasteiger partial charge in [-0.3, -0.25) is 4.68 Å². The molecule has 2 aromatic rings. The molecule has 0 unspecified atom stereocenters. The van der Waals surface area contributed by atoms with Crippen LogP contribution in [0, 0.1) is 6.92 Å². The topological polar surface area (TPSA) is 39.9 Å². The highest BCUT2D eigenvalue weighted by molar-refractivity contribution is 5.28. The largest absolute Gasteiger partial charge is 0.488 e. The molecule has 0 spiro atoms. The second-order valence-electron chi connectivity index (χ2n) is 7.02. The Morgan fingerprint density at radius 2 is 1.90 bits per heavy atom. The van der Waals surface area contributed by atoms with Crippen LogP contribution >= 0.6 is 0 Å². The summed E-state index contributed by atoms with van der Waals surface area (Å²) in [6.45, 7) is 10.7. The van der Waals surface area contributed by atoms with Crippen LogP contribution in [0.15, 0.2) is 30.5 Å². The van der Waals surface area contributed by atoms with Crippen molar-refractivity contribution in [2.75, 3.05) is 0 Å². The zero-order chi connectivity index (χ0) is 15.7. The third kappa shape index (κ3) is 4.06. The number of hydrogen-bond acceptors (Lipinski definition) is 3. The van der Waals surface area contributed by atoms with Gasteiger partial charge in [0.25, 0.3) is 0 Å². The van der Waals surface area contributed by atoms with E-state index < -0.39 is 0 Å². The van der Waals surface area contributed by atoms with Crippen molar-refractivity contribution in [3.8, 4) is 5.75 Å². The second kappa shape index (κ2) is 5.51. The van der Waals surface area contributed by atoms with Crippen LogP contribution in [0.2, 0.25) is 0 Å². The van der Waals surface area contributed by atoms with Crippen molar-refractivity contribution in [3.05, 3.63) is 41.7 Å². The van der Waals surface area contributed by atoms with Gasteiger partial charge in [0.2, 0.25) is 0 Å². The maximum Gasteiger partial charge on any atom is 0.120 e. The third-order valence-corrected chi connectivity index (χ3v) is 3.55. The molecule has 0 amide bonds. The van der Waals surface area contributed by atoms with Crippen molar-refractivity contribution in [1.82, 2.24) is 15.0 Å². The molecule has 0 aliphatic heterocycles. The third-order valence-electron chi connectivity index (χ3n) is 3.55. The molecule has 1 aromatic carbocycles. The Kier molecular flexibility index (Phi) is 4.08. The fraction of sp³-hybridized carbons (Fsp3) is 0.529. The highest BCUT2D eigenvalue weighted by Gasteiger charge is 2.33. The fourth-order valence-electron chi connectivity index (χ4n) is 2.85. The Labute approximate surface area is 127 Å². The summed E-state index contributed by atoms with van der Waals surface area (Å²) in [5.74, 6) is 0.912. The summed E-state index contributed by atoms with van der Waals surface area (Å²) in [5.41, 5.74) is 1.82. The molecular weight excluding hydrogens is 262 g/mol. The predicted molar refractivity (Wildman–Crippen MR) is 84.5 cm³/mol. The normalized spacial score (nSPS) is 12.5. The minimum atomic E-state index is -0.283. The Morgan fingerprint density at radius 1 is 1.19 bits per heavy atom. The molecule has 0 radical (unpaired) electrons. The van der Waals surface area contributed by atoms with Gasteiger partial charge in [-0.2, -0.15) is 0 Å². The van der Waals surface area contributed by atoms with Crippen molar-refractivity contribution < 1.29 is 4.74 Å². The van der Waals surface area contributed by atoms with E-state index in [2.05, 4.69) is 57.1 Å². The molecule has 2 rings (SSSR count). The fourth-order valence-corrected chi connectivity index (χ4v) is 2.85. The monoisotopic (exact) mass is 287 g/mol. The van der Waals surface area contributed by atoms with Crippen molar-refractivity contribution in [2.45, 2.75) is 52.1 Å². The first-order valence-corrected chi connectivity index (χ1v) is 7.30. The van der Waals surface area contributed by atoms with Crippen LogP contribution in [0.4, 0.5) is 0 Å². The van der Waals surface area contributed by atoms with Crippen LogP contribution in [0.25, 0.3) is 0 Å². The summed E-state index contributed by atoms with van der Waals surface area (Å²) < 4.78 is 7.93. The van der Waals surface area contributed by atoms with Gasteiger partial charge in [-0.25, -0.2) is 0 Å². The van der Waals surface area contributed by atoms with E-state index in [4.69, 9.17) is 4.74 Å². The average molecular weight is 287 g/mol. The van der Waals surface area contributed by atoms with E-state index in [1.165, 1.54) is 5.56 Å². The van der Waals surface area contributed by atoms with E-state index in [1.807, 2.05) is 25.4 Å². The first kappa shape index (κ1) is 15.5. The van der Waals surface area contributed by atoms with Gasteiger partial charge in [0.15, 0.2) is 0 Å². The van der Waals surface area contributed by atoms with Gasteiger partial charge in [0.1, 0.15) is 11.4 Å². The van der Waals surface area contributed by atoms with E-state index in [0.717, 1.165) is 17.9 Å². The van der Waals surface area contributed by atoms with Crippen LogP contribution in [-0.2, 0) is 12.5 Å². The van der Waals surface area contributed by atoms with Crippen molar-refractivity contribution in [2.24, 2.45) is 7.05 Å². The Balaban J connectivity index is 2.12. The summed E-state index contributed by atoms with van der Waals surface area (Å²) >= 11 is 0. The molecule has 0 saturated carbocycles. The first-order chi connectivity index (χ1) is 9.68. The molecule has 1 aromatic heterocycles. The number of aryl methyl sites for hydroxylation is 2. The summed E-state index contributed by atoms with van der Waals surface area (Å²) in [6.07, 6.45) is 2.83. The zero-order valence-electron chi connectivity index (χ0n) is 13.8. The Morgan fingerprint density at radius 3 is 2.48 bits per heavy atom. The van der Waals surface area contributed by atoms with Crippen LogP contribution in [-0.4, -0.2) is 20.6 Å². The first-order valence-electron chi connectivity index (χ1n) is 7.30. The summed E-state index contributed by atoms with van der Waals surface area (Å²) in [5, 5.41) is 8.28. The number of benzene rings is 1. The molecular formula is C17H25N3O. The molecule has 0 bridgehead atoms. The van der Waals surface area contributed by atoms with Crippen molar-refractivity contribution >= 4 is 0 Å². The van der Waals surface area contributed by atoms with Crippen molar-refractivity contribution in [3.63, 3.8) is 0 Å². The molecule has 0 atom stereocenters. The minimum absolute atomic E-state index is 0.0956. The molecule has 0 fully saturated rings. The summed E-state index contributed by atoms with van der Waals surface area (Å²) in [4.78, 5) is 0. The van der Waals surface area contributed by atoms with E-state index in [-0.39, 0.29) is 11.0 Å². The predicted octanol–water partition coefficient (Wildman–Crippen LogP) is 3.65. The van der Waals surface area contributed by atoms with Crippen LogP contribution in [0.5, 0.6) is 5.75 Å². The lowest BCUT2D eigenvalue weighted by atomic mass is 9.79. The summed E-state index contributed by atoms with van der Waals surface area (Å²) in [7, 11) is 1.89. The molecule has 0 aliphatic rings. The van der Waals surface area contributed by atoms with E-state index in [9.17, 15) is 0 Å². The number of nitrogens with zero attached hydrogens (tertiary/aromatic N) is 3. The van der Waals surface area contributed by atoms with Gasteiger partial charge >= 0.3 is 0 Å². The molecule has 114 valence electrons. The number of hydrogen-bond donors (Lipinski definition) is 0. The summed E-state index contributed by atoms with van der Waals surface area (Å²) in [6, 6.07) is 8.17. The SMILES string of the molecule is Cc1cccc(OC(C)(C)CC(C)(C)c2cn(C)nn2)c1. The number of aromatic nitrogens is 3. The Bertz CT molecular complexity index is 614. The lowest BCUT2D eigenvalue weighted by molar-refractivity contribution is 0.0757. The van der Waals surface area contributed by atoms with Crippen molar-refractivity contribution in [1.29, 1.82) is 0 Å². The quantitative estimate of drug-likeness (QED) is 0.842. The second-order valence-corrected chi connectivity index (χ2v) is 7.02. The van der Waals surface area contributed by atoms with E-state index >= 15 is 0 Å². The molecule has 4 nitrogen and oxygen atoms in total. The van der Waals surface area contributed by atoms with Gasteiger partial charge in [-0.1, -0.05) is 31.2 Å². The standard InChI is InChI=1S/C17H25N3O/c1-13-8-7-9-14(10-13)21-17(4,5)12-16(2,3)15-11-20(6)19-18-15/h7-11H,12H2,1-6H3. The number of ether oxygens (including phenoxy) is 1. The van der Waals surface area contributed by atoms with Gasteiger partial charge in [-0.15, -0.1) is 5.10 Å². The van der Waals surface area contributed by atoms with Gasteiger partial charge in [0.05, 0.1) is 5.69 Å². The average Bonchev–Trinajstić information content (AvgIpc) is 2.74. The molecule has 21 heavy (non-hydrogen) atoms. The minimum Gasteiger partial charge on any atom is -0.488 e. The van der Waals surface area contributed by atoms with E-state index in [1.54, 1.807) is 4.68 Å². The molecule has 0 aliphatic carbocycles.